The van der Waals surface area contributed by atoms with Crippen molar-refractivity contribution in [1.82, 2.24) is 4.98 Å². The zero-order chi connectivity index (χ0) is 13.9. The van der Waals surface area contributed by atoms with Gasteiger partial charge in [0.05, 0.1) is 16.8 Å². The number of aromatic nitrogens is 1. The summed E-state index contributed by atoms with van der Waals surface area (Å²) < 4.78 is 0. The first-order valence-corrected chi connectivity index (χ1v) is 7.36. The lowest BCUT2D eigenvalue weighted by atomic mass is 10.1. The Morgan fingerprint density at radius 3 is 2.95 bits per heavy atom. The van der Waals surface area contributed by atoms with Crippen molar-refractivity contribution in [2.75, 3.05) is 11.4 Å². The summed E-state index contributed by atoms with van der Waals surface area (Å²) in [6.45, 7) is 3.30. The molecule has 0 aliphatic carbocycles. The van der Waals surface area contributed by atoms with E-state index in [1.807, 2.05) is 18.2 Å². The van der Waals surface area contributed by atoms with Crippen molar-refractivity contribution in [3.63, 3.8) is 0 Å². The summed E-state index contributed by atoms with van der Waals surface area (Å²) in [5.41, 5.74) is 2.74. The van der Waals surface area contributed by atoms with Gasteiger partial charge in [-0.05, 0) is 25.8 Å². The van der Waals surface area contributed by atoms with E-state index in [9.17, 15) is 5.26 Å². The van der Waals surface area contributed by atoms with Crippen molar-refractivity contribution >= 4 is 16.6 Å². The number of hydrogen-bond donors (Lipinski definition) is 0. The number of nitrogens with zero attached hydrogens (tertiary/aromatic N) is 3. The Hall–Kier alpha value is -2.08. The smallest absolute Gasteiger partial charge is 0.103 e. The molecule has 1 fully saturated rings. The van der Waals surface area contributed by atoms with Crippen LogP contribution >= 0.6 is 0 Å². The molecule has 3 rings (SSSR count). The van der Waals surface area contributed by atoms with Crippen LogP contribution in [0.15, 0.2) is 30.5 Å². The van der Waals surface area contributed by atoms with Crippen LogP contribution in [0, 0.1) is 11.3 Å². The number of fused-ring (bicyclic) bond motifs is 1. The highest BCUT2D eigenvalue weighted by atomic mass is 15.2. The van der Waals surface area contributed by atoms with E-state index in [-0.39, 0.29) is 0 Å². The summed E-state index contributed by atoms with van der Waals surface area (Å²) in [5, 5.41) is 10.5. The predicted octanol–water partition coefficient (Wildman–Crippen LogP) is 3.88. The Kier molecular flexibility index (Phi) is 3.56. The largest absolute Gasteiger partial charge is 0.367 e. The van der Waals surface area contributed by atoms with Gasteiger partial charge in [-0.15, -0.1) is 0 Å². The lowest BCUT2D eigenvalue weighted by Gasteiger charge is -2.31. The molecule has 1 unspecified atom stereocenters. The molecule has 2 aromatic rings. The molecule has 1 aliphatic heterocycles. The first-order valence-electron chi connectivity index (χ1n) is 7.36. The molecule has 102 valence electrons. The van der Waals surface area contributed by atoms with Gasteiger partial charge in [0.25, 0.3) is 0 Å². The molecule has 20 heavy (non-hydrogen) atoms. The predicted molar refractivity (Wildman–Crippen MR) is 81.7 cm³/mol. The summed E-state index contributed by atoms with van der Waals surface area (Å²) in [6.07, 6.45) is 6.68. The van der Waals surface area contributed by atoms with Crippen LogP contribution in [0.2, 0.25) is 0 Å². The zero-order valence-electron chi connectivity index (χ0n) is 11.8. The topological polar surface area (TPSA) is 39.9 Å². The molecule has 0 amide bonds. The third-order valence-corrected chi connectivity index (χ3v) is 4.21. The Bertz CT molecular complexity index is 657. The molecular weight excluding hydrogens is 246 g/mol. The number of nitriles is 1. The minimum absolute atomic E-state index is 0.482. The van der Waals surface area contributed by atoms with Crippen LogP contribution in [0.5, 0.6) is 0 Å². The van der Waals surface area contributed by atoms with Crippen LogP contribution in [0.1, 0.15) is 38.2 Å². The molecule has 1 aromatic heterocycles. The summed E-state index contributed by atoms with van der Waals surface area (Å²) >= 11 is 0. The Balaban J connectivity index is 2.19. The molecule has 0 saturated carbocycles. The van der Waals surface area contributed by atoms with Crippen LogP contribution in [0.4, 0.5) is 5.69 Å². The van der Waals surface area contributed by atoms with E-state index < -0.39 is 0 Å². The molecule has 0 bridgehead atoms. The second-order valence-electron chi connectivity index (χ2n) is 5.54. The third-order valence-electron chi connectivity index (χ3n) is 4.21. The van der Waals surface area contributed by atoms with Crippen molar-refractivity contribution < 1.29 is 0 Å². The van der Waals surface area contributed by atoms with Crippen molar-refractivity contribution in [2.45, 2.75) is 38.6 Å². The molecule has 1 atom stereocenters. The fraction of sp³-hybridized carbons (Fsp3) is 0.412. The van der Waals surface area contributed by atoms with Gasteiger partial charge in [-0.3, -0.25) is 4.98 Å². The maximum absolute atomic E-state index is 9.45. The fourth-order valence-electron chi connectivity index (χ4n) is 3.13. The highest BCUT2D eigenvalue weighted by Crippen LogP contribution is 2.33. The average molecular weight is 265 g/mol. The van der Waals surface area contributed by atoms with E-state index in [0.29, 0.717) is 11.6 Å². The minimum atomic E-state index is 0.482. The minimum Gasteiger partial charge on any atom is -0.367 e. The van der Waals surface area contributed by atoms with E-state index >= 15 is 0 Å². The van der Waals surface area contributed by atoms with Crippen LogP contribution in [-0.4, -0.2) is 17.6 Å². The number of hydrogen-bond acceptors (Lipinski definition) is 3. The molecule has 1 aromatic carbocycles. The number of rotatable bonds is 1. The molecule has 0 N–H and O–H groups in total. The molecule has 1 aliphatic rings. The van der Waals surface area contributed by atoms with Gasteiger partial charge in [-0.1, -0.05) is 31.0 Å². The van der Waals surface area contributed by atoms with Gasteiger partial charge < -0.3 is 4.90 Å². The fourth-order valence-corrected chi connectivity index (χ4v) is 3.13. The summed E-state index contributed by atoms with van der Waals surface area (Å²) in [4.78, 5) is 6.82. The number of para-hydroxylation sites is 1. The van der Waals surface area contributed by atoms with E-state index in [4.69, 9.17) is 0 Å². The van der Waals surface area contributed by atoms with Crippen LogP contribution in [-0.2, 0) is 0 Å². The molecule has 3 heteroatoms. The SMILES string of the molecule is CC1CCCCCN1c1c(C#N)cnc2ccccc12. The first kappa shape index (κ1) is 12.9. The van der Waals surface area contributed by atoms with E-state index in [0.717, 1.165) is 23.1 Å². The van der Waals surface area contributed by atoms with Gasteiger partial charge in [0, 0.05) is 24.2 Å². The quantitative estimate of drug-likeness (QED) is 0.785. The molecule has 0 radical (unpaired) electrons. The molecule has 1 saturated heterocycles. The Morgan fingerprint density at radius 1 is 1.25 bits per heavy atom. The molecule has 0 spiro atoms. The highest BCUT2D eigenvalue weighted by molar-refractivity contribution is 5.94. The lowest BCUT2D eigenvalue weighted by Crippen LogP contribution is -2.33. The number of benzene rings is 1. The Morgan fingerprint density at radius 2 is 2.10 bits per heavy atom. The van der Waals surface area contributed by atoms with Gasteiger partial charge >= 0.3 is 0 Å². The zero-order valence-corrected chi connectivity index (χ0v) is 11.8. The van der Waals surface area contributed by atoms with Crippen molar-refractivity contribution in [3.8, 4) is 6.07 Å². The third kappa shape index (κ3) is 2.22. The maximum Gasteiger partial charge on any atom is 0.103 e. The van der Waals surface area contributed by atoms with Gasteiger partial charge in [0.15, 0.2) is 0 Å². The lowest BCUT2D eigenvalue weighted by molar-refractivity contribution is 0.617. The summed E-state index contributed by atoms with van der Waals surface area (Å²) in [7, 11) is 0. The highest BCUT2D eigenvalue weighted by Gasteiger charge is 2.22. The maximum atomic E-state index is 9.45. The normalized spacial score (nSPS) is 19.6. The van der Waals surface area contributed by atoms with Gasteiger partial charge in [-0.2, -0.15) is 5.26 Å². The molecule has 3 nitrogen and oxygen atoms in total. The van der Waals surface area contributed by atoms with Crippen LogP contribution in [0.25, 0.3) is 10.9 Å². The second-order valence-corrected chi connectivity index (χ2v) is 5.54. The Labute approximate surface area is 119 Å². The summed E-state index contributed by atoms with van der Waals surface area (Å²) in [5.74, 6) is 0. The van der Waals surface area contributed by atoms with Gasteiger partial charge in [-0.25, -0.2) is 0 Å². The standard InChI is InChI=1S/C17H19N3/c1-13-7-3-2-6-10-20(13)17-14(11-18)12-19-16-9-5-4-8-15(16)17/h4-5,8-9,12-13H,2-3,6-7,10H2,1H3. The average Bonchev–Trinajstić information content (AvgIpc) is 2.70. The monoisotopic (exact) mass is 265 g/mol. The van der Waals surface area contributed by atoms with E-state index in [1.165, 1.54) is 25.7 Å². The summed E-state index contributed by atoms with van der Waals surface area (Å²) in [6, 6.07) is 10.9. The van der Waals surface area contributed by atoms with E-state index in [2.05, 4.69) is 28.9 Å². The number of pyridine rings is 1. The van der Waals surface area contributed by atoms with Crippen molar-refractivity contribution in [3.05, 3.63) is 36.0 Å². The molecule has 2 heterocycles. The van der Waals surface area contributed by atoms with Gasteiger partial charge in [0.1, 0.15) is 6.07 Å². The second kappa shape index (κ2) is 5.50. The van der Waals surface area contributed by atoms with Crippen molar-refractivity contribution in [2.24, 2.45) is 0 Å². The van der Waals surface area contributed by atoms with Crippen LogP contribution < -0.4 is 4.90 Å². The van der Waals surface area contributed by atoms with Gasteiger partial charge in [0.2, 0.25) is 0 Å². The number of anilines is 1. The molecular formula is C17H19N3. The first-order chi connectivity index (χ1) is 9.81. The van der Waals surface area contributed by atoms with Crippen molar-refractivity contribution in [1.29, 1.82) is 5.26 Å². The van der Waals surface area contributed by atoms with E-state index in [1.54, 1.807) is 6.20 Å². The van der Waals surface area contributed by atoms with Crippen LogP contribution in [0.3, 0.4) is 0 Å².